The minimum atomic E-state index is -0.833. The Balaban J connectivity index is 2.45. The molecule has 8 nitrogen and oxygen atoms in total. The van der Waals surface area contributed by atoms with E-state index in [0.29, 0.717) is 11.3 Å². The van der Waals surface area contributed by atoms with E-state index in [1.54, 1.807) is 39.1 Å². The van der Waals surface area contributed by atoms with Gasteiger partial charge in [0.1, 0.15) is 11.3 Å². The highest BCUT2D eigenvalue weighted by molar-refractivity contribution is 6.14. The molecule has 0 saturated heterocycles. The molecule has 0 fully saturated rings. The lowest BCUT2D eigenvalue weighted by Crippen LogP contribution is -2.23. The topological polar surface area (TPSA) is 99.0 Å². The molecule has 0 bridgehead atoms. The summed E-state index contributed by atoms with van der Waals surface area (Å²) in [6.07, 6.45) is 2.73. The summed E-state index contributed by atoms with van der Waals surface area (Å²) in [5.41, 5.74) is 1.39. The van der Waals surface area contributed by atoms with Crippen molar-refractivity contribution in [3.63, 3.8) is 0 Å². The fourth-order valence-corrected chi connectivity index (χ4v) is 2.28. The van der Waals surface area contributed by atoms with Crippen LogP contribution >= 0.6 is 0 Å². The summed E-state index contributed by atoms with van der Waals surface area (Å²) in [4.78, 5) is 41.0. The van der Waals surface area contributed by atoms with Crippen LogP contribution in [0.1, 0.15) is 25.1 Å². The van der Waals surface area contributed by atoms with Crippen molar-refractivity contribution in [3.8, 4) is 0 Å². The van der Waals surface area contributed by atoms with E-state index in [0.717, 1.165) is 11.8 Å². The number of hydrogen-bond donors (Lipinski definition) is 1. The molecule has 1 N–H and O–H groups in total. The van der Waals surface area contributed by atoms with Gasteiger partial charge in [0.2, 0.25) is 0 Å². The van der Waals surface area contributed by atoms with E-state index >= 15 is 0 Å². The smallest absolute Gasteiger partial charge is 0.347 e. The van der Waals surface area contributed by atoms with Gasteiger partial charge in [-0.3, -0.25) is 9.20 Å². The number of ether oxygens (including phenoxy) is 2. The van der Waals surface area contributed by atoms with Crippen LogP contribution in [-0.4, -0.2) is 34.5 Å². The number of fused-ring (bicyclic) bond motifs is 1. The van der Waals surface area contributed by atoms with E-state index < -0.39 is 11.9 Å². The monoisotopic (exact) mass is 359 g/mol. The molecule has 0 aliphatic heterocycles. The summed E-state index contributed by atoms with van der Waals surface area (Å²) in [5.74, 6) is -1.67. The standard InChI is InChI=1S/C18H21N3O5/c1-5-25-17(23)13(18(24)26-6-2)10-19-15-12(4)20-14-9-11(3)7-8-21(14)16(15)22/h7-10,19H,5-6H2,1-4H3. The zero-order valence-corrected chi connectivity index (χ0v) is 15.2. The minimum absolute atomic E-state index is 0.105. The number of anilines is 1. The summed E-state index contributed by atoms with van der Waals surface area (Å²) >= 11 is 0. The van der Waals surface area contributed by atoms with Gasteiger partial charge in [0.05, 0.1) is 18.9 Å². The minimum Gasteiger partial charge on any atom is -0.462 e. The third kappa shape index (κ3) is 4.08. The third-order valence-electron chi connectivity index (χ3n) is 3.52. The van der Waals surface area contributed by atoms with Crippen molar-refractivity contribution in [2.75, 3.05) is 18.5 Å². The maximum absolute atomic E-state index is 12.7. The second kappa shape index (κ2) is 8.28. The van der Waals surface area contributed by atoms with Crippen molar-refractivity contribution in [1.82, 2.24) is 9.38 Å². The van der Waals surface area contributed by atoms with Crippen molar-refractivity contribution in [3.05, 3.63) is 51.7 Å². The van der Waals surface area contributed by atoms with E-state index in [1.165, 1.54) is 4.40 Å². The van der Waals surface area contributed by atoms with E-state index in [2.05, 4.69) is 10.3 Å². The molecule has 138 valence electrons. The van der Waals surface area contributed by atoms with E-state index in [4.69, 9.17) is 9.47 Å². The molecular formula is C18H21N3O5. The van der Waals surface area contributed by atoms with E-state index in [1.807, 2.05) is 6.92 Å². The number of rotatable bonds is 6. The van der Waals surface area contributed by atoms with Gasteiger partial charge in [0.15, 0.2) is 5.57 Å². The second-order valence-electron chi connectivity index (χ2n) is 5.45. The highest BCUT2D eigenvalue weighted by Gasteiger charge is 2.21. The third-order valence-corrected chi connectivity index (χ3v) is 3.52. The normalized spacial score (nSPS) is 10.3. The first-order valence-corrected chi connectivity index (χ1v) is 8.19. The van der Waals surface area contributed by atoms with Crippen LogP contribution < -0.4 is 10.9 Å². The summed E-state index contributed by atoms with van der Waals surface area (Å²) in [6, 6.07) is 3.57. The Hall–Kier alpha value is -3.16. The molecule has 8 heteroatoms. The Bertz CT molecular complexity index is 910. The van der Waals surface area contributed by atoms with Gasteiger partial charge in [-0.15, -0.1) is 0 Å². The van der Waals surface area contributed by atoms with Crippen molar-refractivity contribution >= 4 is 23.3 Å². The van der Waals surface area contributed by atoms with Crippen LogP contribution in [-0.2, 0) is 19.1 Å². The van der Waals surface area contributed by atoms with Crippen LogP contribution in [0.5, 0.6) is 0 Å². The zero-order valence-electron chi connectivity index (χ0n) is 15.2. The Kier molecular flexibility index (Phi) is 6.11. The number of aromatic nitrogens is 2. The number of pyridine rings is 1. The maximum Gasteiger partial charge on any atom is 0.347 e. The lowest BCUT2D eigenvalue weighted by atomic mass is 10.2. The van der Waals surface area contributed by atoms with Crippen LogP contribution in [0.2, 0.25) is 0 Å². The average molecular weight is 359 g/mol. The largest absolute Gasteiger partial charge is 0.462 e. The maximum atomic E-state index is 12.7. The molecule has 2 rings (SSSR count). The average Bonchev–Trinajstić information content (AvgIpc) is 2.57. The highest BCUT2D eigenvalue weighted by atomic mass is 16.6. The quantitative estimate of drug-likeness (QED) is 0.363. The number of aryl methyl sites for hydroxylation is 2. The lowest BCUT2D eigenvalue weighted by molar-refractivity contribution is -0.146. The van der Waals surface area contributed by atoms with Crippen molar-refractivity contribution in [2.24, 2.45) is 0 Å². The Morgan fingerprint density at radius 3 is 2.38 bits per heavy atom. The number of nitrogens with zero attached hydrogens (tertiary/aromatic N) is 2. The first-order valence-electron chi connectivity index (χ1n) is 8.19. The van der Waals surface area contributed by atoms with Crippen LogP contribution in [0.15, 0.2) is 34.9 Å². The molecule has 26 heavy (non-hydrogen) atoms. The van der Waals surface area contributed by atoms with Gasteiger partial charge in [0.25, 0.3) is 5.56 Å². The van der Waals surface area contributed by atoms with Gasteiger partial charge in [-0.25, -0.2) is 14.6 Å². The molecule has 0 spiro atoms. The van der Waals surface area contributed by atoms with E-state index in [9.17, 15) is 14.4 Å². The fraction of sp³-hybridized carbons (Fsp3) is 0.333. The summed E-state index contributed by atoms with van der Waals surface area (Å²) in [6.45, 7) is 7.03. The molecular weight excluding hydrogens is 338 g/mol. The van der Waals surface area contributed by atoms with Crippen molar-refractivity contribution in [2.45, 2.75) is 27.7 Å². The molecule has 0 unspecified atom stereocenters. The van der Waals surface area contributed by atoms with Gasteiger partial charge < -0.3 is 14.8 Å². The van der Waals surface area contributed by atoms with Crippen LogP contribution in [0.3, 0.4) is 0 Å². The molecule has 0 aromatic carbocycles. The summed E-state index contributed by atoms with van der Waals surface area (Å²) < 4.78 is 11.1. The molecule has 0 aliphatic carbocycles. The number of hydrogen-bond acceptors (Lipinski definition) is 7. The molecule has 0 atom stereocenters. The summed E-state index contributed by atoms with van der Waals surface area (Å²) in [7, 11) is 0. The fourth-order valence-electron chi connectivity index (χ4n) is 2.28. The lowest BCUT2D eigenvalue weighted by Gasteiger charge is -2.10. The van der Waals surface area contributed by atoms with Crippen LogP contribution in [0, 0.1) is 13.8 Å². The van der Waals surface area contributed by atoms with Gasteiger partial charge in [0, 0.05) is 12.4 Å². The molecule has 0 saturated carbocycles. The SMILES string of the molecule is CCOC(=O)C(=CNc1c(C)nc2cc(C)ccn2c1=O)C(=O)OCC. The van der Waals surface area contributed by atoms with Gasteiger partial charge in [-0.2, -0.15) is 0 Å². The van der Waals surface area contributed by atoms with Gasteiger partial charge in [-0.05, 0) is 45.4 Å². The van der Waals surface area contributed by atoms with Crippen LogP contribution in [0.25, 0.3) is 5.65 Å². The predicted octanol–water partition coefficient (Wildman–Crippen LogP) is 1.73. The summed E-state index contributed by atoms with van der Waals surface area (Å²) in [5, 5.41) is 2.71. The van der Waals surface area contributed by atoms with Crippen molar-refractivity contribution < 1.29 is 19.1 Å². The van der Waals surface area contributed by atoms with Gasteiger partial charge >= 0.3 is 11.9 Å². The zero-order chi connectivity index (χ0) is 19.3. The molecule has 2 aromatic rings. The highest BCUT2D eigenvalue weighted by Crippen LogP contribution is 2.11. The Morgan fingerprint density at radius 2 is 1.81 bits per heavy atom. The number of esters is 2. The van der Waals surface area contributed by atoms with E-state index in [-0.39, 0.29) is 30.0 Å². The number of carbonyl (C=O) groups is 2. The molecule has 2 aromatic heterocycles. The predicted molar refractivity (Wildman–Crippen MR) is 95.9 cm³/mol. The molecule has 0 amide bonds. The Morgan fingerprint density at radius 1 is 1.19 bits per heavy atom. The first-order chi connectivity index (χ1) is 12.4. The number of carbonyl (C=O) groups excluding carboxylic acids is 2. The first kappa shape index (κ1) is 19.2. The van der Waals surface area contributed by atoms with Crippen molar-refractivity contribution in [1.29, 1.82) is 0 Å². The number of nitrogens with one attached hydrogen (secondary N) is 1. The molecule has 0 radical (unpaired) electrons. The molecule has 0 aliphatic rings. The molecule has 2 heterocycles. The van der Waals surface area contributed by atoms with Crippen LogP contribution in [0.4, 0.5) is 5.69 Å². The second-order valence-corrected chi connectivity index (χ2v) is 5.45. The Labute approximate surface area is 150 Å². The van der Waals surface area contributed by atoms with Gasteiger partial charge in [-0.1, -0.05) is 0 Å².